The third-order valence-corrected chi connectivity index (χ3v) is 1.47. The van der Waals surface area contributed by atoms with Crippen molar-refractivity contribution in [2.75, 3.05) is 7.11 Å². The summed E-state index contributed by atoms with van der Waals surface area (Å²) in [7, 11) is -1.50. The van der Waals surface area contributed by atoms with Gasteiger partial charge in [-0.15, -0.1) is 0 Å². The zero-order chi connectivity index (χ0) is 11.1. The molecular weight excluding hydrogens is 227 g/mol. The molecule has 1 aromatic carbocycles. The molecule has 0 fully saturated rings. The molecule has 0 heterocycles. The monoisotopic (exact) mass is 238 g/mol. The van der Waals surface area contributed by atoms with E-state index in [0.717, 1.165) is 16.3 Å². The summed E-state index contributed by atoms with van der Waals surface area (Å²) < 4.78 is 13.7. The normalized spacial score (nSPS) is 9.29. The van der Waals surface area contributed by atoms with Crippen LogP contribution in [-0.4, -0.2) is 16.9 Å². The van der Waals surface area contributed by atoms with Gasteiger partial charge in [0.2, 0.25) is 0 Å². The minimum Gasteiger partial charge on any atom is -0.497 e. The van der Waals surface area contributed by atoms with E-state index in [4.69, 9.17) is 30.7 Å². The van der Waals surface area contributed by atoms with Crippen molar-refractivity contribution in [1.29, 1.82) is 0 Å². The van der Waals surface area contributed by atoms with Crippen molar-refractivity contribution in [3.8, 4) is 5.75 Å². The molecule has 0 saturated carbocycles. The Hall–Kier alpha value is -0.540. The van der Waals surface area contributed by atoms with E-state index in [2.05, 4.69) is 0 Å². The highest BCUT2D eigenvalue weighted by Gasteiger charge is 1.93. The molecule has 1 aromatic rings. The van der Waals surface area contributed by atoms with Crippen molar-refractivity contribution in [3.05, 3.63) is 28.8 Å². The largest absolute Gasteiger partial charge is 0.497 e. The van der Waals surface area contributed by atoms with Crippen LogP contribution in [0.25, 0.3) is 0 Å². The van der Waals surface area contributed by atoms with Crippen LogP contribution in [0.15, 0.2) is 18.2 Å². The van der Waals surface area contributed by atoms with Gasteiger partial charge in [0.1, 0.15) is 5.75 Å². The highest BCUT2D eigenvalue weighted by molar-refractivity contribution is 7.30. The van der Waals surface area contributed by atoms with Crippen LogP contribution in [0, 0.1) is 6.92 Å². The van der Waals surface area contributed by atoms with Crippen molar-refractivity contribution in [2.45, 2.75) is 6.92 Å². The molecule has 0 aliphatic carbocycles. The van der Waals surface area contributed by atoms with E-state index in [1.54, 1.807) is 13.2 Å². The van der Waals surface area contributed by atoms with Gasteiger partial charge in [0.15, 0.2) is 0 Å². The second-order valence-corrected chi connectivity index (χ2v) is 3.45. The molecular formula is C8H12ClO4P. The predicted octanol–water partition coefficient (Wildman–Crippen LogP) is 2.02. The standard InChI is InChI=1S/C8H9ClO.H3O3P/c1-6-3-7(9)5-8(4-6)10-2;1-4(2)3/h3-5H,1-2H3;4H,(H2,1,2,3). The van der Waals surface area contributed by atoms with E-state index in [1.807, 2.05) is 19.1 Å². The molecule has 6 heteroatoms. The molecule has 0 bridgehead atoms. The summed E-state index contributed by atoms with van der Waals surface area (Å²) in [6.07, 6.45) is 0. The quantitative estimate of drug-likeness (QED) is 0.735. The lowest BCUT2D eigenvalue weighted by Crippen LogP contribution is -1.82. The summed E-state index contributed by atoms with van der Waals surface area (Å²) in [5, 5.41) is 0.719. The molecule has 0 spiro atoms. The van der Waals surface area contributed by atoms with Crippen LogP contribution in [0.5, 0.6) is 5.75 Å². The maximum Gasteiger partial charge on any atom is 0.314 e. The highest BCUT2D eigenvalue weighted by Crippen LogP contribution is 2.19. The zero-order valence-electron chi connectivity index (χ0n) is 7.82. The molecule has 0 aliphatic heterocycles. The Morgan fingerprint density at radius 3 is 2.21 bits per heavy atom. The number of methoxy groups -OCH3 is 1. The van der Waals surface area contributed by atoms with Gasteiger partial charge in [-0.25, -0.2) is 0 Å². The van der Waals surface area contributed by atoms with Gasteiger partial charge >= 0.3 is 8.25 Å². The molecule has 2 N–H and O–H groups in total. The molecule has 0 aromatic heterocycles. The Labute approximate surface area is 88.1 Å². The van der Waals surface area contributed by atoms with Crippen molar-refractivity contribution in [2.24, 2.45) is 0 Å². The maximum atomic E-state index is 8.74. The average molecular weight is 239 g/mol. The van der Waals surface area contributed by atoms with E-state index >= 15 is 0 Å². The van der Waals surface area contributed by atoms with E-state index in [9.17, 15) is 0 Å². The number of hydrogen-bond donors (Lipinski definition) is 2. The highest BCUT2D eigenvalue weighted by atomic mass is 35.5. The predicted molar refractivity (Wildman–Crippen MR) is 56.2 cm³/mol. The molecule has 80 valence electrons. The van der Waals surface area contributed by atoms with E-state index < -0.39 is 8.25 Å². The Morgan fingerprint density at radius 1 is 1.36 bits per heavy atom. The van der Waals surface area contributed by atoms with Crippen molar-refractivity contribution in [3.63, 3.8) is 0 Å². The Morgan fingerprint density at radius 2 is 1.86 bits per heavy atom. The van der Waals surface area contributed by atoms with Crippen LogP contribution < -0.4 is 4.74 Å². The van der Waals surface area contributed by atoms with Gasteiger partial charge in [-0.1, -0.05) is 11.6 Å². The molecule has 0 radical (unpaired) electrons. The van der Waals surface area contributed by atoms with Crippen LogP contribution in [-0.2, 0) is 4.57 Å². The second kappa shape index (κ2) is 6.85. The van der Waals surface area contributed by atoms with Gasteiger partial charge in [-0.2, -0.15) is 0 Å². The van der Waals surface area contributed by atoms with Crippen molar-refractivity contribution < 1.29 is 19.1 Å². The molecule has 0 atom stereocenters. The van der Waals surface area contributed by atoms with Crippen LogP contribution in [0.2, 0.25) is 5.02 Å². The maximum absolute atomic E-state index is 8.74. The fraction of sp³-hybridized carbons (Fsp3) is 0.250. The summed E-state index contributed by atoms with van der Waals surface area (Å²) in [5.74, 6) is 0.810. The lowest BCUT2D eigenvalue weighted by atomic mass is 10.2. The van der Waals surface area contributed by atoms with Gasteiger partial charge in [-0.05, 0) is 30.7 Å². The van der Waals surface area contributed by atoms with Gasteiger partial charge in [0.05, 0.1) is 7.11 Å². The number of rotatable bonds is 1. The lowest BCUT2D eigenvalue weighted by molar-refractivity contribution is 0.405. The molecule has 1 rings (SSSR count). The minimum absolute atomic E-state index is 0.719. The lowest BCUT2D eigenvalue weighted by Gasteiger charge is -2.00. The van der Waals surface area contributed by atoms with Crippen LogP contribution >= 0.6 is 19.9 Å². The summed E-state index contributed by atoms with van der Waals surface area (Å²) in [4.78, 5) is 14.3. The fourth-order valence-electron chi connectivity index (χ4n) is 0.821. The van der Waals surface area contributed by atoms with Crippen molar-refractivity contribution >= 4 is 19.9 Å². The van der Waals surface area contributed by atoms with E-state index in [-0.39, 0.29) is 0 Å². The number of aryl methyl sites for hydroxylation is 1. The number of hydrogen-bond acceptors (Lipinski definition) is 2. The first kappa shape index (κ1) is 13.5. The van der Waals surface area contributed by atoms with E-state index in [1.165, 1.54) is 0 Å². The summed E-state index contributed by atoms with van der Waals surface area (Å²) in [6, 6.07) is 5.62. The zero-order valence-corrected chi connectivity index (χ0v) is 9.58. The van der Waals surface area contributed by atoms with Crippen molar-refractivity contribution in [1.82, 2.24) is 0 Å². The summed E-state index contributed by atoms with van der Waals surface area (Å²) in [6.45, 7) is 1.98. The summed E-state index contributed by atoms with van der Waals surface area (Å²) >= 11 is 5.75. The van der Waals surface area contributed by atoms with Gasteiger partial charge in [0.25, 0.3) is 0 Å². The Balaban J connectivity index is 0.000000364. The van der Waals surface area contributed by atoms with Crippen LogP contribution in [0.1, 0.15) is 5.56 Å². The Kier molecular flexibility index (Phi) is 6.58. The topological polar surface area (TPSA) is 66.8 Å². The fourth-order valence-corrected chi connectivity index (χ4v) is 1.10. The third kappa shape index (κ3) is 6.92. The number of halogens is 1. The van der Waals surface area contributed by atoms with Crippen LogP contribution in [0.3, 0.4) is 0 Å². The second-order valence-electron chi connectivity index (χ2n) is 2.45. The average Bonchev–Trinajstić information content (AvgIpc) is 2.01. The summed E-state index contributed by atoms with van der Waals surface area (Å²) in [5.41, 5.74) is 1.12. The smallest absolute Gasteiger partial charge is 0.314 e. The number of ether oxygens (including phenoxy) is 1. The molecule has 0 unspecified atom stereocenters. The molecule has 0 saturated heterocycles. The van der Waals surface area contributed by atoms with Gasteiger partial charge in [0, 0.05) is 5.02 Å². The molecule has 4 nitrogen and oxygen atoms in total. The minimum atomic E-state index is -3.13. The first-order chi connectivity index (χ1) is 6.45. The molecule has 0 amide bonds. The number of benzene rings is 1. The Bertz CT molecular complexity index is 292. The van der Waals surface area contributed by atoms with E-state index in [0.29, 0.717) is 0 Å². The molecule has 14 heavy (non-hydrogen) atoms. The van der Waals surface area contributed by atoms with Crippen LogP contribution in [0.4, 0.5) is 0 Å². The third-order valence-electron chi connectivity index (χ3n) is 1.25. The first-order valence-electron chi connectivity index (χ1n) is 3.68. The van der Waals surface area contributed by atoms with Gasteiger partial charge in [-0.3, -0.25) is 4.57 Å². The SMILES string of the molecule is COc1cc(C)cc(Cl)c1.O=[PH](O)O. The van der Waals surface area contributed by atoms with Gasteiger partial charge < -0.3 is 14.5 Å². The molecule has 0 aliphatic rings. The first-order valence-corrected chi connectivity index (χ1v) is 5.37.